The smallest absolute Gasteiger partial charge is 0.147 e. The highest BCUT2D eigenvalue weighted by molar-refractivity contribution is 5.22. The van der Waals surface area contributed by atoms with Crippen LogP contribution in [0.25, 0.3) is 0 Å². The summed E-state index contributed by atoms with van der Waals surface area (Å²) < 4.78 is 13.6. The lowest BCUT2D eigenvalue weighted by Gasteiger charge is -2.41. The number of pyridine rings is 1. The number of halogens is 1. The number of rotatable bonds is 1. The van der Waals surface area contributed by atoms with Crippen LogP contribution in [0.4, 0.5) is 4.39 Å². The third-order valence-electron chi connectivity index (χ3n) is 3.49. The van der Waals surface area contributed by atoms with E-state index in [4.69, 9.17) is 0 Å². The van der Waals surface area contributed by atoms with Crippen LogP contribution in [0.5, 0.6) is 0 Å². The average molecular weight is 223 g/mol. The Kier molecular flexibility index (Phi) is 2.74. The van der Waals surface area contributed by atoms with Gasteiger partial charge in [0.2, 0.25) is 0 Å². The van der Waals surface area contributed by atoms with Crippen LogP contribution in [-0.2, 0) is 5.60 Å². The number of hydrogen-bond acceptors (Lipinski definition) is 2. The fourth-order valence-electron chi connectivity index (χ4n) is 2.81. The van der Waals surface area contributed by atoms with E-state index in [0.29, 0.717) is 18.4 Å². The van der Waals surface area contributed by atoms with Crippen molar-refractivity contribution in [3.05, 3.63) is 29.8 Å². The first-order valence-electron chi connectivity index (χ1n) is 5.75. The molecule has 0 amide bonds. The first-order valence-corrected chi connectivity index (χ1v) is 5.75. The van der Waals surface area contributed by atoms with Crippen molar-refractivity contribution >= 4 is 0 Å². The molecule has 16 heavy (non-hydrogen) atoms. The normalized spacial score (nSPS) is 29.0. The van der Waals surface area contributed by atoms with Gasteiger partial charge in [0.1, 0.15) is 5.82 Å². The molecule has 0 radical (unpaired) electrons. The van der Waals surface area contributed by atoms with E-state index in [0.717, 1.165) is 12.8 Å². The van der Waals surface area contributed by atoms with E-state index in [1.165, 1.54) is 12.4 Å². The zero-order chi connectivity index (χ0) is 11.8. The molecule has 2 rings (SSSR count). The molecule has 1 N–H and O–H groups in total. The minimum absolute atomic E-state index is 0.0721. The van der Waals surface area contributed by atoms with Gasteiger partial charge in [0.15, 0.2) is 0 Å². The van der Waals surface area contributed by atoms with Crippen molar-refractivity contribution in [3.63, 3.8) is 0 Å². The molecule has 0 saturated heterocycles. The first kappa shape index (κ1) is 11.5. The summed E-state index contributed by atoms with van der Waals surface area (Å²) in [6, 6.07) is 1.59. The molecule has 1 fully saturated rings. The molecule has 1 atom stereocenters. The summed E-state index contributed by atoms with van der Waals surface area (Å²) in [5.41, 5.74) is -0.549. The van der Waals surface area contributed by atoms with Gasteiger partial charge in [0.05, 0.1) is 11.8 Å². The van der Waals surface area contributed by atoms with E-state index < -0.39 is 11.4 Å². The Bertz CT molecular complexity index is 391. The number of nitrogens with zero attached hydrogens (tertiary/aromatic N) is 1. The first-order chi connectivity index (χ1) is 7.43. The van der Waals surface area contributed by atoms with Gasteiger partial charge in [-0.25, -0.2) is 4.39 Å². The van der Waals surface area contributed by atoms with Crippen LogP contribution in [0, 0.1) is 11.2 Å². The van der Waals surface area contributed by atoms with Crippen LogP contribution in [0.15, 0.2) is 18.5 Å². The van der Waals surface area contributed by atoms with Crippen LogP contribution >= 0.6 is 0 Å². The van der Waals surface area contributed by atoms with E-state index in [2.05, 4.69) is 18.8 Å². The molecule has 0 aromatic carbocycles. The Morgan fingerprint density at radius 3 is 2.75 bits per heavy atom. The molecule has 1 aromatic heterocycles. The molecule has 3 heteroatoms. The quantitative estimate of drug-likeness (QED) is 0.794. The van der Waals surface area contributed by atoms with Crippen molar-refractivity contribution < 1.29 is 9.50 Å². The average Bonchev–Trinajstić information content (AvgIpc) is 2.16. The maximum Gasteiger partial charge on any atom is 0.147 e. The number of aromatic nitrogens is 1. The Morgan fingerprint density at radius 2 is 2.12 bits per heavy atom. The third-order valence-corrected chi connectivity index (χ3v) is 3.49. The van der Waals surface area contributed by atoms with Crippen LogP contribution in [0.3, 0.4) is 0 Å². The predicted molar refractivity (Wildman–Crippen MR) is 60.3 cm³/mol. The molecule has 1 unspecified atom stereocenters. The Hall–Kier alpha value is -0.960. The molecule has 0 spiro atoms. The Labute approximate surface area is 95.5 Å². The summed E-state index contributed by atoms with van der Waals surface area (Å²) in [5.74, 6) is -0.400. The second kappa shape index (κ2) is 3.81. The summed E-state index contributed by atoms with van der Waals surface area (Å²) >= 11 is 0. The topological polar surface area (TPSA) is 33.1 Å². The fraction of sp³-hybridized carbons (Fsp3) is 0.615. The van der Waals surface area contributed by atoms with Gasteiger partial charge in [0.25, 0.3) is 0 Å². The summed E-state index contributed by atoms with van der Waals surface area (Å²) in [4.78, 5) is 3.72. The number of aliphatic hydroxyl groups is 1. The Morgan fingerprint density at radius 1 is 1.38 bits per heavy atom. The summed E-state index contributed by atoms with van der Waals surface area (Å²) in [5, 5.41) is 10.6. The van der Waals surface area contributed by atoms with Gasteiger partial charge in [-0.05, 0) is 37.2 Å². The zero-order valence-corrected chi connectivity index (χ0v) is 9.83. The second-order valence-corrected chi connectivity index (χ2v) is 5.58. The van der Waals surface area contributed by atoms with Crippen molar-refractivity contribution in [2.24, 2.45) is 5.41 Å². The zero-order valence-electron chi connectivity index (χ0n) is 9.83. The summed E-state index contributed by atoms with van der Waals surface area (Å²) in [6.45, 7) is 4.24. The van der Waals surface area contributed by atoms with Crippen molar-refractivity contribution in [3.8, 4) is 0 Å². The van der Waals surface area contributed by atoms with Crippen LogP contribution in [0.2, 0.25) is 0 Å². The van der Waals surface area contributed by atoms with Crippen molar-refractivity contribution in [1.82, 2.24) is 4.98 Å². The lowest BCUT2D eigenvalue weighted by Crippen LogP contribution is -2.37. The van der Waals surface area contributed by atoms with Crippen LogP contribution in [0.1, 0.15) is 45.1 Å². The van der Waals surface area contributed by atoms with Gasteiger partial charge in [-0.2, -0.15) is 0 Å². The minimum Gasteiger partial charge on any atom is -0.385 e. The lowest BCUT2D eigenvalue weighted by molar-refractivity contribution is -0.0465. The van der Waals surface area contributed by atoms with Gasteiger partial charge < -0.3 is 5.11 Å². The predicted octanol–water partition coefficient (Wildman–Crippen LogP) is 3.01. The van der Waals surface area contributed by atoms with Crippen LogP contribution < -0.4 is 0 Å². The highest BCUT2D eigenvalue weighted by Crippen LogP contribution is 2.46. The molecule has 2 nitrogen and oxygen atoms in total. The second-order valence-electron chi connectivity index (χ2n) is 5.58. The van der Waals surface area contributed by atoms with Crippen molar-refractivity contribution in [1.29, 1.82) is 0 Å². The third kappa shape index (κ3) is 2.09. The largest absolute Gasteiger partial charge is 0.385 e. The van der Waals surface area contributed by atoms with Crippen LogP contribution in [-0.4, -0.2) is 10.1 Å². The summed E-state index contributed by atoms with van der Waals surface area (Å²) in [7, 11) is 0. The van der Waals surface area contributed by atoms with E-state index in [9.17, 15) is 9.50 Å². The molecular formula is C13H18FNO. The monoisotopic (exact) mass is 223 g/mol. The van der Waals surface area contributed by atoms with E-state index in [1.54, 1.807) is 6.07 Å². The van der Waals surface area contributed by atoms with E-state index >= 15 is 0 Å². The standard InChI is InChI=1S/C13H18FNO/c1-12(2)5-3-6-13(16,9-12)10-4-7-15-8-11(10)14/h4,7-8,16H,3,5-6,9H2,1-2H3. The molecule has 1 aromatic rings. The van der Waals surface area contributed by atoms with E-state index in [-0.39, 0.29) is 5.41 Å². The maximum absolute atomic E-state index is 13.6. The molecule has 1 heterocycles. The number of hydrogen-bond donors (Lipinski definition) is 1. The van der Waals surface area contributed by atoms with Gasteiger partial charge in [-0.3, -0.25) is 4.98 Å². The Balaban J connectivity index is 2.35. The molecule has 0 bridgehead atoms. The molecule has 1 aliphatic carbocycles. The van der Waals surface area contributed by atoms with E-state index in [1.807, 2.05) is 0 Å². The van der Waals surface area contributed by atoms with Crippen molar-refractivity contribution in [2.45, 2.75) is 45.1 Å². The van der Waals surface area contributed by atoms with Crippen molar-refractivity contribution in [2.75, 3.05) is 0 Å². The van der Waals surface area contributed by atoms with Gasteiger partial charge >= 0.3 is 0 Å². The molecule has 88 valence electrons. The SMILES string of the molecule is CC1(C)CCCC(O)(c2ccncc2F)C1. The maximum atomic E-state index is 13.6. The molecule has 1 aliphatic rings. The van der Waals surface area contributed by atoms with Gasteiger partial charge in [0, 0.05) is 11.8 Å². The fourth-order valence-corrected chi connectivity index (χ4v) is 2.81. The highest BCUT2D eigenvalue weighted by atomic mass is 19.1. The van der Waals surface area contributed by atoms with Gasteiger partial charge in [-0.1, -0.05) is 13.8 Å². The lowest BCUT2D eigenvalue weighted by atomic mass is 9.67. The van der Waals surface area contributed by atoms with Gasteiger partial charge in [-0.15, -0.1) is 0 Å². The minimum atomic E-state index is -1.02. The summed E-state index contributed by atoms with van der Waals surface area (Å²) in [6.07, 6.45) is 5.98. The molecule has 1 saturated carbocycles. The molecule has 0 aliphatic heterocycles. The highest BCUT2D eigenvalue weighted by Gasteiger charge is 2.41. The molecular weight excluding hydrogens is 205 g/mol.